The second kappa shape index (κ2) is 10.9. The lowest BCUT2D eigenvalue weighted by Crippen LogP contribution is -2.38. The van der Waals surface area contributed by atoms with Crippen LogP contribution in [0.1, 0.15) is 31.4 Å². The van der Waals surface area contributed by atoms with Gasteiger partial charge in [0.05, 0.1) is 17.6 Å². The molecule has 0 aliphatic rings. The highest BCUT2D eigenvalue weighted by Gasteiger charge is 2.35. The summed E-state index contributed by atoms with van der Waals surface area (Å²) >= 11 is 0. The number of aromatic nitrogens is 4. The molecule has 0 bridgehead atoms. The number of nitrogens with zero attached hydrogens (tertiary/aromatic N) is 5. The second-order valence-corrected chi connectivity index (χ2v) is 8.62. The average Bonchev–Trinajstić information content (AvgIpc) is 3.52. The number of benzene rings is 1. The van der Waals surface area contributed by atoms with Gasteiger partial charge >= 0.3 is 0 Å². The van der Waals surface area contributed by atoms with Crippen LogP contribution >= 0.6 is 0 Å². The van der Waals surface area contributed by atoms with Gasteiger partial charge in [0.15, 0.2) is 0 Å². The zero-order valence-corrected chi connectivity index (χ0v) is 21.3. The van der Waals surface area contributed by atoms with Gasteiger partial charge in [0.25, 0.3) is 0 Å². The number of halogens is 1. The van der Waals surface area contributed by atoms with Crippen molar-refractivity contribution in [3.63, 3.8) is 0 Å². The van der Waals surface area contributed by atoms with Gasteiger partial charge in [0.2, 0.25) is 5.96 Å². The molecule has 0 saturated heterocycles. The number of fused-ring (bicyclic) bond motifs is 1. The van der Waals surface area contributed by atoms with Crippen molar-refractivity contribution in [3.05, 3.63) is 78.6 Å². The minimum atomic E-state index is -1.22. The number of aryl methyl sites for hydroxylation is 1. The first-order valence-electron chi connectivity index (χ1n) is 11.7. The lowest BCUT2D eigenvalue weighted by molar-refractivity contribution is -0.0958. The Kier molecular flexibility index (Phi) is 7.61. The molecule has 10 heteroatoms. The topological polar surface area (TPSA) is 116 Å². The van der Waals surface area contributed by atoms with Crippen molar-refractivity contribution < 1.29 is 13.9 Å². The maximum absolute atomic E-state index is 14.8. The van der Waals surface area contributed by atoms with Crippen LogP contribution in [-0.2, 0) is 22.1 Å². The van der Waals surface area contributed by atoms with E-state index in [0.29, 0.717) is 29.0 Å². The molecule has 1 aromatic carbocycles. The van der Waals surface area contributed by atoms with Gasteiger partial charge < -0.3 is 20.2 Å². The Morgan fingerprint density at radius 2 is 2.03 bits per heavy atom. The Labute approximate surface area is 214 Å². The fourth-order valence-corrected chi connectivity index (χ4v) is 4.20. The zero-order valence-electron chi connectivity index (χ0n) is 21.3. The summed E-state index contributed by atoms with van der Waals surface area (Å²) in [5.41, 5.74) is 9.52. The predicted octanol–water partition coefficient (Wildman–Crippen LogP) is 4.77. The molecule has 0 spiro atoms. The summed E-state index contributed by atoms with van der Waals surface area (Å²) in [5.74, 6) is -0.450. The van der Waals surface area contributed by atoms with Gasteiger partial charge in [-0.1, -0.05) is 31.7 Å². The Bertz CT molecular complexity index is 1490. The smallest absolute Gasteiger partial charge is 0.220 e. The van der Waals surface area contributed by atoms with Crippen molar-refractivity contribution in [2.45, 2.75) is 25.9 Å². The molecule has 3 heterocycles. The number of pyridine rings is 1. The van der Waals surface area contributed by atoms with Crippen molar-refractivity contribution in [2.24, 2.45) is 22.8 Å². The highest BCUT2D eigenvalue weighted by atomic mass is 19.1. The molecule has 37 heavy (non-hydrogen) atoms. The molecule has 0 saturated carbocycles. The summed E-state index contributed by atoms with van der Waals surface area (Å²) in [6.07, 6.45) is 7.68. The van der Waals surface area contributed by atoms with E-state index in [0.717, 1.165) is 22.1 Å². The molecule has 4 rings (SSSR count). The standard InChI is InChI=1S/C27H30FN7O2/c1-6-24(27(3,37-16-36-5)22-9-7-8-10-23(22)28)34-26(29)33-17(2)21-14-31-25-20(21)11-18(12-30-25)19-13-32-35(4)15-19/h7-15H,2,6,16H2,1,3-5H3,(H2,29,33)(H,30,31). The van der Waals surface area contributed by atoms with Crippen LogP contribution in [-0.4, -0.2) is 45.3 Å². The maximum atomic E-state index is 14.8. The van der Waals surface area contributed by atoms with Gasteiger partial charge in [-0.3, -0.25) is 4.68 Å². The molecule has 4 aromatic rings. The third-order valence-electron chi connectivity index (χ3n) is 6.12. The predicted molar refractivity (Wildman–Crippen MR) is 143 cm³/mol. The van der Waals surface area contributed by atoms with Crippen LogP contribution in [0.3, 0.4) is 0 Å². The van der Waals surface area contributed by atoms with Crippen LogP contribution in [0.4, 0.5) is 4.39 Å². The minimum Gasteiger partial charge on any atom is -0.368 e. The van der Waals surface area contributed by atoms with E-state index in [-0.39, 0.29) is 12.8 Å². The average molecular weight is 504 g/mol. The quantitative estimate of drug-likeness (QED) is 0.194. The third kappa shape index (κ3) is 5.35. The normalized spacial score (nSPS) is 14.2. The van der Waals surface area contributed by atoms with Gasteiger partial charge in [0, 0.05) is 60.4 Å². The summed E-state index contributed by atoms with van der Waals surface area (Å²) in [7, 11) is 3.36. The first-order valence-corrected chi connectivity index (χ1v) is 11.7. The van der Waals surface area contributed by atoms with Crippen LogP contribution in [0, 0.1) is 5.82 Å². The van der Waals surface area contributed by atoms with Crippen molar-refractivity contribution >= 4 is 28.4 Å². The fraction of sp³-hybridized carbons (Fsp3) is 0.259. The first-order chi connectivity index (χ1) is 17.8. The van der Waals surface area contributed by atoms with E-state index in [1.807, 2.05) is 26.2 Å². The number of ether oxygens (including phenoxy) is 2. The summed E-state index contributed by atoms with van der Waals surface area (Å²) < 4.78 is 27.6. The van der Waals surface area contributed by atoms with Gasteiger partial charge in [-0.2, -0.15) is 5.10 Å². The lowest BCUT2D eigenvalue weighted by Gasteiger charge is -2.31. The Morgan fingerprint density at radius 1 is 1.24 bits per heavy atom. The van der Waals surface area contributed by atoms with Crippen molar-refractivity contribution in [3.8, 4) is 11.1 Å². The molecule has 3 aromatic heterocycles. The van der Waals surface area contributed by atoms with Crippen molar-refractivity contribution in [2.75, 3.05) is 13.9 Å². The minimum absolute atomic E-state index is 0.0313. The molecule has 0 fully saturated rings. The van der Waals surface area contributed by atoms with Crippen molar-refractivity contribution in [1.29, 1.82) is 0 Å². The number of H-pyrrole nitrogens is 1. The van der Waals surface area contributed by atoms with Crippen molar-refractivity contribution in [1.82, 2.24) is 19.7 Å². The molecule has 192 valence electrons. The summed E-state index contributed by atoms with van der Waals surface area (Å²) in [5, 5.41) is 5.06. The second-order valence-electron chi connectivity index (χ2n) is 8.62. The molecule has 0 radical (unpaired) electrons. The van der Waals surface area contributed by atoms with Gasteiger partial charge in [-0.15, -0.1) is 0 Å². The molecule has 0 amide bonds. The van der Waals surface area contributed by atoms with E-state index >= 15 is 0 Å². The fourth-order valence-electron chi connectivity index (χ4n) is 4.20. The number of guanidine groups is 1. The number of nitrogens with two attached hydrogens (primary N) is 1. The Balaban J connectivity index is 1.69. The van der Waals surface area contributed by atoms with E-state index in [1.165, 1.54) is 13.2 Å². The van der Waals surface area contributed by atoms with Gasteiger partial charge in [-0.25, -0.2) is 19.4 Å². The number of nitrogens with one attached hydrogen (secondary N) is 1. The SMILES string of the molecule is C=C(N=C(N)N=C(CC)C(C)(OCOC)c1ccccc1F)c1c[nH]c2ncc(-c3cnn(C)c3)cc12. The number of hydrogen-bond donors (Lipinski definition) is 2. The molecule has 1 unspecified atom stereocenters. The lowest BCUT2D eigenvalue weighted by atomic mass is 9.88. The van der Waals surface area contributed by atoms with Crippen LogP contribution in [0.2, 0.25) is 0 Å². The molecular weight excluding hydrogens is 473 g/mol. The molecule has 0 aliphatic carbocycles. The molecule has 0 aliphatic heterocycles. The van der Waals surface area contributed by atoms with E-state index in [9.17, 15) is 4.39 Å². The Morgan fingerprint density at radius 3 is 2.70 bits per heavy atom. The molecule has 9 nitrogen and oxygen atoms in total. The highest BCUT2D eigenvalue weighted by molar-refractivity contribution is 6.03. The van der Waals surface area contributed by atoms with Crippen LogP contribution in [0.15, 0.2) is 71.7 Å². The number of rotatable bonds is 9. The third-order valence-corrected chi connectivity index (χ3v) is 6.12. The number of aromatic amines is 1. The number of aliphatic imine (C=N–C) groups is 2. The van der Waals surface area contributed by atoms with Crippen LogP contribution < -0.4 is 5.73 Å². The highest BCUT2D eigenvalue weighted by Crippen LogP contribution is 2.32. The Hall–Kier alpha value is -4.15. The van der Waals surface area contributed by atoms with Gasteiger partial charge in [0.1, 0.15) is 23.9 Å². The van der Waals surface area contributed by atoms with Crippen LogP contribution in [0.5, 0.6) is 0 Å². The van der Waals surface area contributed by atoms with Crippen LogP contribution in [0.25, 0.3) is 27.9 Å². The van der Waals surface area contributed by atoms with E-state index < -0.39 is 11.4 Å². The monoisotopic (exact) mass is 503 g/mol. The largest absolute Gasteiger partial charge is 0.368 e. The van der Waals surface area contributed by atoms with Gasteiger partial charge in [-0.05, 0) is 25.5 Å². The molecule has 3 N–H and O–H groups in total. The zero-order chi connectivity index (χ0) is 26.6. The summed E-state index contributed by atoms with van der Waals surface area (Å²) in [4.78, 5) is 16.6. The number of hydrogen-bond acceptors (Lipinski definition) is 5. The maximum Gasteiger partial charge on any atom is 0.220 e. The molecular formula is C27H30FN7O2. The van der Waals surface area contributed by atoms with E-state index in [1.54, 1.807) is 48.4 Å². The van der Waals surface area contributed by atoms with E-state index in [4.69, 9.17) is 15.2 Å². The number of methoxy groups -OCH3 is 1. The van der Waals surface area contributed by atoms with E-state index in [2.05, 4.69) is 31.6 Å². The first kappa shape index (κ1) is 25.9. The summed E-state index contributed by atoms with van der Waals surface area (Å²) in [6.45, 7) is 7.67. The molecule has 1 atom stereocenters. The summed E-state index contributed by atoms with van der Waals surface area (Å²) in [6, 6.07) is 8.39.